The Hall–Kier alpha value is -2.57. The molecule has 0 bridgehead atoms. The van der Waals surface area contributed by atoms with Crippen molar-refractivity contribution in [2.24, 2.45) is 0 Å². The van der Waals surface area contributed by atoms with E-state index in [4.69, 9.17) is 9.47 Å². The van der Waals surface area contributed by atoms with Gasteiger partial charge in [0.25, 0.3) is 0 Å². The molecule has 0 unspecified atom stereocenters. The zero-order valence-electron chi connectivity index (χ0n) is 13.4. The molecule has 0 N–H and O–H groups in total. The van der Waals surface area contributed by atoms with Crippen LogP contribution in [0, 0.1) is 0 Å². The molecular formula is C17H20N4O3. The maximum atomic E-state index is 12.6. The van der Waals surface area contributed by atoms with Gasteiger partial charge in [0.2, 0.25) is 5.91 Å². The van der Waals surface area contributed by atoms with E-state index in [9.17, 15) is 4.79 Å². The summed E-state index contributed by atoms with van der Waals surface area (Å²) in [5.74, 6) is 1.72. The second-order valence-electron chi connectivity index (χ2n) is 6.06. The molecular weight excluding hydrogens is 308 g/mol. The van der Waals surface area contributed by atoms with Crippen molar-refractivity contribution >= 4 is 5.91 Å². The van der Waals surface area contributed by atoms with Crippen LogP contribution in [0.3, 0.4) is 0 Å². The molecule has 0 spiro atoms. The minimum Gasteiger partial charge on any atom is -0.486 e. The molecule has 1 aromatic heterocycles. The Balaban J connectivity index is 1.47. The van der Waals surface area contributed by atoms with Gasteiger partial charge in [0, 0.05) is 13.0 Å². The summed E-state index contributed by atoms with van der Waals surface area (Å²) < 4.78 is 12.9. The van der Waals surface area contributed by atoms with E-state index < -0.39 is 0 Å². The standard InChI is InChI=1S/C17H20N4O3/c22-17(5-7-20-12-18-11-19-20)21-6-1-2-14(21)13-3-4-15-16(10-13)24-9-8-23-15/h3-4,10-12,14H,1-2,5-9H2/t14-/m0/s1. The van der Waals surface area contributed by atoms with E-state index in [0.29, 0.717) is 26.2 Å². The smallest absolute Gasteiger partial charge is 0.224 e. The lowest BCUT2D eigenvalue weighted by molar-refractivity contribution is -0.132. The van der Waals surface area contributed by atoms with Gasteiger partial charge in [0.1, 0.15) is 25.9 Å². The number of nitrogens with zero attached hydrogens (tertiary/aromatic N) is 4. The highest BCUT2D eigenvalue weighted by Gasteiger charge is 2.30. The van der Waals surface area contributed by atoms with E-state index in [1.165, 1.54) is 6.33 Å². The first-order chi connectivity index (χ1) is 11.8. The summed E-state index contributed by atoms with van der Waals surface area (Å²) in [7, 11) is 0. The van der Waals surface area contributed by atoms with E-state index in [0.717, 1.165) is 36.4 Å². The molecule has 126 valence electrons. The highest BCUT2D eigenvalue weighted by molar-refractivity contribution is 5.77. The molecule has 3 heterocycles. The lowest BCUT2D eigenvalue weighted by Crippen LogP contribution is -2.31. The average molecular weight is 328 g/mol. The van der Waals surface area contributed by atoms with Crippen LogP contribution in [0.15, 0.2) is 30.9 Å². The van der Waals surface area contributed by atoms with Gasteiger partial charge in [0.05, 0.1) is 12.6 Å². The average Bonchev–Trinajstić information content (AvgIpc) is 3.31. The molecule has 2 aliphatic heterocycles. The Labute approximate surface area is 140 Å². The van der Waals surface area contributed by atoms with Gasteiger partial charge in [0.15, 0.2) is 11.5 Å². The number of amides is 1. The summed E-state index contributed by atoms with van der Waals surface area (Å²) in [6.07, 6.45) is 5.56. The molecule has 1 aromatic carbocycles. The summed E-state index contributed by atoms with van der Waals surface area (Å²) >= 11 is 0. The molecule has 4 rings (SSSR count). The summed E-state index contributed by atoms with van der Waals surface area (Å²) in [5, 5.41) is 4.04. The van der Waals surface area contributed by atoms with Gasteiger partial charge in [-0.3, -0.25) is 9.48 Å². The highest BCUT2D eigenvalue weighted by atomic mass is 16.6. The second kappa shape index (κ2) is 6.51. The third kappa shape index (κ3) is 2.93. The number of hydrogen-bond acceptors (Lipinski definition) is 5. The summed E-state index contributed by atoms with van der Waals surface area (Å²) in [6, 6.07) is 6.12. The molecule has 1 fully saturated rings. The third-order valence-electron chi connectivity index (χ3n) is 4.55. The second-order valence-corrected chi connectivity index (χ2v) is 6.06. The topological polar surface area (TPSA) is 69.5 Å². The predicted molar refractivity (Wildman–Crippen MR) is 85.8 cm³/mol. The molecule has 0 aliphatic carbocycles. The molecule has 1 saturated heterocycles. The molecule has 1 amide bonds. The number of aryl methyl sites for hydroxylation is 1. The van der Waals surface area contributed by atoms with Crippen LogP contribution in [0.25, 0.3) is 0 Å². The Bertz CT molecular complexity index is 717. The first-order valence-electron chi connectivity index (χ1n) is 8.33. The fraction of sp³-hybridized carbons (Fsp3) is 0.471. The van der Waals surface area contributed by atoms with E-state index >= 15 is 0 Å². The first kappa shape index (κ1) is 15.0. The van der Waals surface area contributed by atoms with Gasteiger partial charge < -0.3 is 14.4 Å². The number of rotatable bonds is 4. The molecule has 7 heteroatoms. The lowest BCUT2D eigenvalue weighted by Gasteiger charge is -2.26. The summed E-state index contributed by atoms with van der Waals surface area (Å²) in [5.41, 5.74) is 1.12. The largest absolute Gasteiger partial charge is 0.486 e. The van der Waals surface area contributed by atoms with Crippen LogP contribution in [-0.2, 0) is 11.3 Å². The number of hydrogen-bond donors (Lipinski definition) is 0. The normalized spacial score (nSPS) is 19.5. The van der Waals surface area contributed by atoms with Crippen LogP contribution in [0.5, 0.6) is 11.5 Å². The van der Waals surface area contributed by atoms with Crippen LogP contribution < -0.4 is 9.47 Å². The monoisotopic (exact) mass is 328 g/mol. The Kier molecular flexibility index (Phi) is 4.06. The SMILES string of the molecule is O=C(CCn1cncn1)N1CCC[C@H]1c1ccc2c(c1)OCCO2. The van der Waals surface area contributed by atoms with Gasteiger partial charge >= 0.3 is 0 Å². The number of fused-ring (bicyclic) bond motifs is 1. The molecule has 0 radical (unpaired) electrons. The molecule has 0 saturated carbocycles. The maximum absolute atomic E-state index is 12.6. The summed E-state index contributed by atoms with van der Waals surface area (Å²) in [6.45, 7) is 2.52. The van der Waals surface area contributed by atoms with Crippen molar-refractivity contribution in [3.63, 3.8) is 0 Å². The van der Waals surface area contributed by atoms with Crippen molar-refractivity contribution in [1.82, 2.24) is 19.7 Å². The number of carbonyl (C=O) groups is 1. The minimum absolute atomic E-state index is 0.115. The molecule has 24 heavy (non-hydrogen) atoms. The zero-order chi connectivity index (χ0) is 16.4. The molecule has 2 aromatic rings. The predicted octanol–water partition coefficient (Wildman–Crippen LogP) is 1.80. The minimum atomic E-state index is 0.115. The molecule has 2 aliphatic rings. The van der Waals surface area contributed by atoms with E-state index in [1.54, 1.807) is 11.0 Å². The van der Waals surface area contributed by atoms with Gasteiger partial charge in [-0.1, -0.05) is 6.07 Å². The number of aromatic nitrogens is 3. The molecule has 7 nitrogen and oxygen atoms in total. The van der Waals surface area contributed by atoms with E-state index in [-0.39, 0.29) is 11.9 Å². The fourth-order valence-electron chi connectivity index (χ4n) is 3.38. The zero-order valence-corrected chi connectivity index (χ0v) is 13.4. The van der Waals surface area contributed by atoms with Crippen molar-refractivity contribution < 1.29 is 14.3 Å². The number of likely N-dealkylation sites (tertiary alicyclic amines) is 1. The Morgan fingerprint density at radius 3 is 2.96 bits per heavy atom. The number of ether oxygens (including phenoxy) is 2. The van der Waals surface area contributed by atoms with Crippen LogP contribution >= 0.6 is 0 Å². The van der Waals surface area contributed by atoms with E-state index in [1.807, 2.05) is 23.1 Å². The van der Waals surface area contributed by atoms with Gasteiger partial charge in [-0.25, -0.2) is 4.98 Å². The lowest BCUT2D eigenvalue weighted by atomic mass is 10.0. The van der Waals surface area contributed by atoms with Crippen molar-refractivity contribution in [1.29, 1.82) is 0 Å². The Morgan fingerprint density at radius 1 is 1.25 bits per heavy atom. The highest BCUT2D eigenvalue weighted by Crippen LogP contribution is 2.38. The Morgan fingerprint density at radius 2 is 2.12 bits per heavy atom. The van der Waals surface area contributed by atoms with Gasteiger partial charge in [-0.05, 0) is 30.5 Å². The summed E-state index contributed by atoms with van der Waals surface area (Å²) in [4.78, 5) is 18.5. The van der Waals surface area contributed by atoms with Crippen molar-refractivity contribution in [3.8, 4) is 11.5 Å². The first-order valence-corrected chi connectivity index (χ1v) is 8.33. The van der Waals surface area contributed by atoms with Crippen LogP contribution in [0.2, 0.25) is 0 Å². The van der Waals surface area contributed by atoms with Gasteiger partial charge in [-0.15, -0.1) is 0 Å². The van der Waals surface area contributed by atoms with E-state index in [2.05, 4.69) is 10.1 Å². The van der Waals surface area contributed by atoms with Crippen LogP contribution in [0.1, 0.15) is 30.9 Å². The quantitative estimate of drug-likeness (QED) is 0.856. The van der Waals surface area contributed by atoms with Crippen LogP contribution in [0.4, 0.5) is 0 Å². The van der Waals surface area contributed by atoms with Gasteiger partial charge in [-0.2, -0.15) is 5.10 Å². The number of carbonyl (C=O) groups excluding carboxylic acids is 1. The molecule has 1 atom stereocenters. The van der Waals surface area contributed by atoms with Crippen molar-refractivity contribution in [2.45, 2.75) is 31.8 Å². The van der Waals surface area contributed by atoms with Crippen LogP contribution in [-0.4, -0.2) is 45.3 Å². The van der Waals surface area contributed by atoms with Crippen molar-refractivity contribution in [2.75, 3.05) is 19.8 Å². The fourth-order valence-corrected chi connectivity index (χ4v) is 3.38. The van der Waals surface area contributed by atoms with Crippen molar-refractivity contribution in [3.05, 3.63) is 36.4 Å². The maximum Gasteiger partial charge on any atom is 0.224 e. The third-order valence-corrected chi connectivity index (χ3v) is 4.55. The number of benzene rings is 1.